The quantitative estimate of drug-likeness (QED) is 0.687. The lowest BCUT2D eigenvalue weighted by atomic mass is 10.0. The zero-order valence-electron chi connectivity index (χ0n) is 13.2. The van der Waals surface area contributed by atoms with Crippen molar-refractivity contribution >= 4 is 38.7 Å². The molecule has 0 aliphatic carbocycles. The van der Waals surface area contributed by atoms with Gasteiger partial charge in [0.25, 0.3) is 0 Å². The first kappa shape index (κ1) is 17.5. The molecule has 1 heterocycles. The maximum absolute atomic E-state index is 12.0. The number of hydrogen-bond donors (Lipinski definition) is 3. The predicted octanol–water partition coefficient (Wildman–Crippen LogP) is 3.48. The molecule has 1 aromatic heterocycles. The molecular weight excluding hydrogens is 360 g/mol. The summed E-state index contributed by atoms with van der Waals surface area (Å²) in [5.41, 5.74) is 1.79. The molecule has 0 aliphatic rings. The van der Waals surface area contributed by atoms with E-state index in [9.17, 15) is 14.7 Å². The van der Waals surface area contributed by atoms with Gasteiger partial charge < -0.3 is 15.4 Å². The summed E-state index contributed by atoms with van der Waals surface area (Å²) < 4.78 is 0.751. The van der Waals surface area contributed by atoms with Crippen LogP contribution in [0, 0.1) is 5.92 Å². The maximum atomic E-state index is 12.0. The first-order valence-corrected chi connectivity index (χ1v) is 8.48. The van der Waals surface area contributed by atoms with Crippen LogP contribution in [0.5, 0.6) is 0 Å². The van der Waals surface area contributed by atoms with Crippen molar-refractivity contribution in [2.75, 3.05) is 0 Å². The number of benzene rings is 1. The Labute approximate surface area is 143 Å². The fourth-order valence-electron chi connectivity index (χ4n) is 2.49. The number of carboxylic acids is 1. The fraction of sp³-hybridized carbons (Fsp3) is 0.412. The number of carbonyl (C=O) groups excluding carboxylic acids is 1. The number of hydrogen-bond acceptors (Lipinski definition) is 2. The third kappa shape index (κ3) is 4.34. The largest absolute Gasteiger partial charge is 0.480 e. The summed E-state index contributed by atoms with van der Waals surface area (Å²) in [4.78, 5) is 26.7. The highest BCUT2D eigenvalue weighted by atomic mass is 79.9. The zero-order chi connectivity index (χ0) is 17.0. The van der Waals surface area contributed by atoms with E-state index in [0.717, 1.165) is 27.5 Å². The predicted molar refractivity (Wildman–Crippen MR) is 93.3 cm³/mol. The van der Waals surface area contributed by atoms with Gasteiger partial charge in [-0.3, -0.25) is 4.79 Å². The number of aliphatic carboxylic acids is 1. The second-order valence-electron chi connectivity index (χ2n) is 5.84. The highest BCUT2D eigenvalue weighted by molar-refractivity contribution is 9.10. The molecule has 0 radical (unpaired) electrons. The van der Waals surface area contributed by atoms with Crippen molar-refractivity contribution in [2.45, 2.75) is 39.2 Å². The molecule has 2 rings (SSSR count). The fourth-order valence-corrected chi connectivity index (χ4v) is 3.07. The Hall–Kier alpha value is -1.82. The lowest BCUT2D eigenvalue weighted by molar-refractivity contribution is -0.141. The van der Waals surface area contributed by atoms with E-state index >= 15 is 0 Å². The number of carboxylic acid groups (broad SMARTS) is 1. The average molecular weight is 381 g/mol. The minimum absolute atomic E-state index is 0.220. The minimum atomic E-state index is -1.03. The van der Waals surface area contributed by atoms with E-state index in [-0.39, 0.29) is 18.2 Å². The van der Waals surface area contributed by atoms with Crippen molar-refractivity contribution in [3.8, 4) is 0 Å². The lowest BCUT2D eigenvalue weighted by Crippen LogP contribution is -2.42. The second-order valence-corrected chi connectivity index (χ2v) is 6.64. The van der Waals surface area contributed by atoms with Gasteiger partial charge >= 0.3 is 5.97 Å². The number of aromatic amines is 1. The third-order valence-corrected chi connectivity index (χ3v) is 4.71. The van der Waals surface area contributed by atoms with Crippen LogP contribution in [0.15, 0.2) is 28.9 Å². The third-order valence-electron chi connectivity index (χ3n) is 4.03. The van der Waals surface area contributed by atoms with Crippen molar-refractivity contribution in [2.24, 2.45) is 5.92 Å². The van der Waals surface area contributed by atoms with Gasteiger partial charge in [0.15, 0.2) is 0 Å². The highest BCUT2D eigenvalue weighted by Gasteiger charge is 2.23. The molecule has 23 heavy (non-hydrogen) atoms. The standard InChI is InChI=1S/C17H21BrN2O3/c1-3-10(2)8-15(21)19-14(17(22)23)9-12-11-6-4-5-7-13(11)20-16(12)18/h4-7,10,14,20H,3,8-9H2,1-2H3,(H,19,21)(H,22,23)/t10-,14-/m0/s1. The van der Waals surface area contributed by atoms with Crippen LogP contribution in [0.3, 0.4) is 0 Å². The van der Waals surface area contributed by atoms with Gasteiger partial charge in [-0.25, -0.2) is 4.79 Å². The SMILES string of the molecule is CC[C@H](C)CC(=O)N[C@@H](Cc1c(Br)[nH]c2ccccc12)C(=O)O. The van der Waals surface area contributed by atoms with Gasteiger partial charge in [-0.05, 0) is 33.5 Å². The summed E-state index contributed by atoms with van der Waals surface area (Å²) in [5, 5.41) is 13.0. The normalized spacial score (nSPS) is 13.7. The number of aromatic nitrogens is 1. The van der Waals surface area contributed by atoms with Crippen molar-refractivity contribution < 1.29 is 14.7 Å². The molecule has 0 bridgehead atoms. The molecule has 6 heteroatoms. The molecule has 5 nitrogen and oxygen atoms in total. The van der Waals surface area contributed by atoms with E-state index in [1.165, 1.54) is 0 Å². The molecule has 0 spiro atoms. The van der Waals surface area contributed by atoms with Gasteiger partial charge in [0.1, 0.15) is 6.04 Å². The summed E-state index contributed by atoms with van der Waals surface area (Å²) in [6, 6.07) is 6.75. The van der Waals surface area contributed by atoms with E-state index in [1.807, 2.05) is 38.1 Å². The van der Waals surface area contributed by atoms with Gasteiger partial charge in [-0.15, -0.1) is 0 Å². The van der Waals surface area contributed by atoms with Crippen LogP contribution in [-0.2, 0) is 16.0 Å². The van der Waals surface area contributed by atoms with E-state index in [2.05, 4.69) is 26.2 Å². The molecule has 3 N–H and O–H groups in total. The molecular formula is C17H21BrN2O3. The van der Waals surface area contributed by atoms with Gasteiger partial charge in [0.05, 0.1) is 4.60 Å². The van der Waals surface area contributed by atoms with Gasteiger partial charge in [0.2, 0.25) is 5.91 Å². The molecule has 2 atom stereocenters. The molecule has 0 unspecified atom stereocenters. The van der Waals surface area contributed by atoms with Crippen LogP contribution in [-0.4, -0.2) is 28.0 Å². The average Bonchev–Trinajstić information content (AvgIpc) is 2.82. The number of rotatable bonds is 7. The van der Waals surface area contributed by atoms with Crippen LogP contribution < -0.4 is 5.32 Å². The Morgan fingerprint density at radius 1 is 1.35 bits per heavy atom. The van der Waals surface area contributed by atoms with Crippen LogP contribution in [0.4, 0.5) is 0 Å². The first-order chi connectivity index (χ1) is 10.9. The molecule has 2 aromatic rings. The number of H-pyrrole nitrogens is 1. The number of halogens is 1. The molecule has 0 aliphatic heterocycles. The van der Waals surface area contributed by atoms with Crippen LogP contribution >= 0.6 is 15.9 Å². The molecule has 0 saturated carbocycles. The molecule has 0 fully saturated rings. The monoisotopic (exact) mass is 380 g/mol. The minimum Gasteiger partial charge on any atom is -0.480 e. The topological polar surface area (TPSA) is 82.2 Å². The van der Waals surface area contributed by atoms with Crippen molar-refractivity contribution in [3.63, 3.8) is 0 Å². The van der Waals surface area contributed by atoms with E-state index in [1.54, 1.807) is 0 Å². The summed E-state index contributed by atoms with van der Waals surface area (Å²) >= 11 is 3.44. The van der Waals surface area contributed by atoms with Gasteiger partial charge in [0, 0.05) is 23.7 Å². The van der Waals surface area contributed by atoms with Crippen molar-refractivity contribution in [3.05, 3.63) is 34.4 Å². The van der Waals surface area contributed by atoms with Crippen LogP contribution in [0.25, 0.3) is 10.9 Å². The van der Waals surface area contributed by atoms with Gasteiger partial charge in [-0.1, -0.05) is 38.5 Å². The Bertz CT molecular complexity index is 711. The summed E-state index contributed by atoms with van der Waals surface area (Å²) in [6.45, 7) is 3.99. The summed E-state index contributed by atoms with van der Waals surface area (Å²) in [6.07, 6.45) is 1.46. The highest BCUT2D eigenvalue weighted by Crippen LogP contribution is 2.27. The Morgan fingerprint density at radius 3 is 2.70 bits per heavy atom. The first-order valence-electron chi connectivity index (χ1n) is 7.69. The van der Waals surface area contributed by atoms with Crippen LogP contribution in [0.1, 0.15) is 32.3 Å². The number of para-hydroxylation sites is 1. The Morgan fingerprint density at radius 2 is 2.04 bits per heavy atom. The maximum Gasteiger partial charge on any atom is 0.326 e. The number of fused-ring (bicyclic) bond motifs is 1. The summed E-state index contributed by atoms with van der Waals surface area (Å²) in [7, 11) is 0. The Balaban J connectivity index is 2.17. The van der Waals surface area contributed by atoms with E-state index in [0.29, 0.717) is 6.42 Å². The van der Waals surface area contributed by atoms with E-state index < -0.39 is 12.0 Å². The van der Waals surface area contributed by atoms with E-state index in [4.69, 9.17) is 0 Å². The number of nitrogens with one attached hydrogen (secondary N) is 2. The molecule has 1 amide bonds. The Kier molecular flexibility index (Phi) is 5.82. The van der Waals surface area contributed by atoms with Crippen molar-refractivity contribution in [1.29, 1.82) is 0 Å². The van der Waals surface area contributed by atoms with Crippen molar-refractivity contribution in [1.82, 2.24) is 10.3 Å². The smallest absolute Gasteiger partial charge is 0.326 e. The number of amides is 1. The lowest BCUT2D eigenvalue weighted by Gasteiger charge is -2.16. The molecule has 124 valence electrons. The molecule has 0 saturated heterocycles. The van der Waals surface area contributed by atoms with Crippen LogP contribution in [0.2, 0.25) is 0 Å². The molecule has 1 aromatic carbocycles. The number of carbonyl (C=O) groups is 2. The zero-order valence-corrected chi connectivity index (χ0v) is 14.8. The second kappa shape index (κ2) is 7.64. The summed E-state index contributed by atoms with van der Waals surface area (Å²) in [5.74, 6) is -1.01. The van der Waals surface area contributed by atoms with Gasteiger partial charge in [-0.2, -0.15) is 0 Å².